The van der Waals surface area contributed by atoms with Gasteiger partial charge in [0, 0.05) is 45.3 Å². The summed E-state index contributed by atoms with van der Waals surface area (Å²) < 4.78 is 12.5. The number of benzene rings is 2. The van der Waals surface area contributed by atoms with Crippen LogP contribution in [0.2, 0.25) is 10.0 Å². The summed E-state index contributed by atoms with van der Waals surface area (Å²) in [7, 11) is 0. The Morgan fingerprint density at radius 2 is 1.80 bits per heavy atom. The summed E-state index contributed by atoms with van der Waals surface area (Å²) in [4.78, 5) is 2.45. The van der Waals surface area contributed by atoms with Crippen LogP contribution in [0.15, 0.2) is 40.9 Å². The predicted octanol–water partition coefficient (Wildman–Crippen LogP) is 5.99. The van der Waals surface area contributed by atoms with E-state index in [1.165, 1.54) is 0 Å². The topological polar surface area (TPSA) is 33.7 Å². The molecular formula is C21H27BrCl4N2O2. The molecule has 1 saturated heterocycles. The van der Waals surface area contributed by atoms with E-state index in [-0.39, 0.29) is 24.8 Å². The highest BCUT2D eigenvalue weighted by molar-refractivity contribution is 9.10. The monoisotopic (exact) mass is 558 g/mol. The molecule has 0 amide bonds. The number of ether oxygens (including phenoxy) is 2. The Labute approximate surface area is 209 Å². The Bertz CT molecular complexity index is 777. The summed E-state index contributed by atoms with van der Waals surface area (Å²) in [5.41, 5.74) is 2.03. The molecule has 0 bridgehead atoms. The van der Waals surface area contributed by atoms with Crippen LogP contribution in [-0.4, -0.2) is 44.3 Å². The number of halogens is 5. The molecule has 0 atom stereocenters. The third-order valence-electron chi connectivity index (χ3n) is 4.67. The smallest absolute Gasteiger partial charge is 0.124 e. The molecule has 1 heterocycles. The van der Waals surface area contributed by atoms with Gasteiger partial charge in [0.2, 0.25) is 0 Å². The van der Waals surface area contributed by atoms with Gasteiger partial charge >= 0.3 is 0 Å². The van der Waals surface area contributed by atoms with Gasteiger partial charge in [0.25, 0.3) is 0 Å². The average molecular weight is 561 g/mol. The first kappa shape index (κ1) is 27.8. The minimum atomic E-state index is 0. The molecule has 4 nitrogen and oxygen atoms in total. The van der Waals surface area contributed by atoms with Crippen LogP contribution in [0.5, 0.6) is 5.75 Å². The first-order valence-electron chi connectivity index (χ1n) is 9.48. The molecule has 0 spiro atoms. The molecule has 1 aliphatic heterocycles. The van der Waals surface area contributed by atoms with Crippen molar-refractivity contribution in [2.24, 2.45) is 0 Å². The van der Waals surface area contributed by atoms with E-state index in [9.17, 15) is 0 Å². The molecule has 0 aromatic heterocycles. The van der Waals surface area contributed by atoms with E-state index in [0.717, 1.165) is 73.7 Å². The van der Waals surface area contributed by atoms with Gasteiger partial charge in [-0.1, -0.05) is 45.2 Å². The first-order chi connectivity index (χ1) is 13.6. The molecule has 9 heteroatoms. The highest BCUT2D eigenvalue weighted by atomic mass is 79.9. The Hall–Kier alpha value is -0.240. The Morgan fingerprint density at radius 3 is 2.53 bits per heavy atom. The maximum absolute atomic E-state index is 6.25. The van der Waals surface area contributed by atoms with Gasteiger partial charge in [-0.2, -0.15) is 0 Å². The van der Waals surface area contributed by atoms with Crippen molar-refractivity contribution in [1.82, 2.24) is 10.2 Å². The highest BCUT2D eigenvalue weighted by Crippen LogP contribution is 2.26. The zero-order valence-electron chi connectivity index (χ0n) is 16.5. The summed E-state index contributed by atoms with van der Waals surface area (Å²) >= 11 is 15.8. The van der Waals surface area contributed by atoms with Crippen molar-refractivity contribution in [3.05, 3.63) is 62.0 Å². The fraction of sp³-hybridized carbons (Fsp3) is 0.429. The Morgan fingerprint density at radius 1 is 1.03 bits per heavy atom. The van der Waals surface area contributed by atoms with E-state index in [1.807, 2.05) is 24.3 Å². The average Bonchev–Trinajstić information content (AvgIpc) is 2.69. The van der Waals surface area contributed by atoms with E-state index in [0.29, 0.717) is 16.7 Å². The molecule has 0 unspecified atom stereocenters. The van der Waals surface area contributed by atoms with E-state index in [2.05, 4.69) is 32.2 Å². The van der Waals surface area contributed by atoms with E-state index >= 15 is 0 Å². The number of hydrogen-bond acceptors (Lipinski definition) is 4. The summed E-state index contributed by atoms with van der Waals surface area (Å²) in [5, 5.41) is 4.77. The lowest BCUT2D eigenvalue weighted by Crippen LogP contribution is -2.37. The summed E-state index contributed by atoms with van der Waals surface area (Å²) in [6, 6.07) is 11.5. The molecule has 0 saturated carbocycles. The van der Waals surface area contributed by atoms with Crippen molar-refractivity contribution >= 4 is 63.9 Å². The van der Waals surface area contributed by atoms with Crippen LogP contribution < -0.4 is 10.1 Å². The number of nitrogens with zero attached hydrogens (tertiary/aromatic N) is 1. The lowest BCUT2D eigenvalue weighted by molar-refractivity contribution is 0.0374. The number of hydrogen-bond donors (Lipinski definition) is 1. The van der Waals surface area contributed by atoms with Gasteiger partial charge in [-0.3, -0.25) is 4.90 Å². The lowest BCUT2D eigenvalue weighted by atomic mass is 10.2. The molecule has 1 N–H and O–H groups in total. The lowest BCUT2D eigenvalue weighted by Gasteiger charge is -2.26. The summed E-state index contributed by atoms with van der Waals surface area (Å²) in [5.74, 6) is 0.856. The Balaban J connectivity index is 0.00000225. The van der Waals surface area contributed by atoms with Crippen molar-refractivity contribution in [2.75, 3.05) is 39.4 Å². The second-order valence-electron chi connectivity index (χ2n) is 6.76. The molecular weight excluding hydrogens is 534 g/mol. The van der Waals surface area contributed by atoms with Crippen molar-refractivity contribution in [3.63, 3.8) is 0 Å². The number of nitrogens with one attached hydrogen (secondary N) is 1. The minimum absolute atomic E-state index is 0. The predicted molar refractivity (Wildman–Crippen MR) is 133 cm³/mol. The molecule has 3 rings (SSSR count). The molecule has 1 aliphatic rings. The van der Waals surface area contributed by atoms with Gasteiger partial charge < -0.3 is 14.8 Å². The zero-order valence-corrected chi connectivity index (χ0v) is 21.3. The van der Waals surface area contributed by atoms with Crippen LogP contribution in [-0.2, 0) is 17.9 Å². The quantitative estimate of drug-likeness (QED) is 0.382. The third kappa shape index (κ3) is 9.09. The molecule has 2 aromatic rings. The fourth-order valence-corrected chi connectivity index (χ4v) is 3.97. The van der Waals surface area contributed by atoms with Crippen molar-refractivity contribution < 1.29 is 9.47 Å². The maximum Gasteiger partial charge on any atom is 0.124 e. The van der Waals surface area contributed by atoms with Crippen molar-refractivity contribution in [2.45, 2.75) is 19.6 Å². The van der Waals surface area contributed by atoms with Gasteiger partial charge in [-0.25, -0.2) is 0 Å². The Kier molecular flexibility index (Phi) is 13.7. The van der Waals surface area contributed by atoms with Crippen LogP contribution in [0.1, 0.15) is 17.5 Å². The van der Waals surface area contributed by atoms with Gasteiger partial charge in [-0.05, 0) is 49.8 Å². The molecule has 2 aromatic carbocycles. The van der Waals surface area contributed by atoms with Gasteiger partial charge in [-0.15, -0.1) is 24.8 Å². The molecule has 0 aliphatic carbocycles. The van der Waals surface area contributed by atoms with Crippen LogP contribution in [0, 0.1) is 0 Å². The summed E-state index contributed by atoms with van der Waals surface area (Å²) in [6.45, 7) is 7.01. The largest absolute Gasteiger partial charge is 0.489 e. The minimum Gasteiger partial charge on any atom is -0.489 e. The van der Waals surface area contributed by atoms with Crippen molar-refractivity contribution in [3.8, 4) is 5.75 Å². The van der Waals surface area contributed by atoms with E-state index < -0.39 is 0 Å². The van der Waals surface area contributed by atoms with Gasteiger partial charge in [0.05, 0.1) is 13.2 Å². The molecule has 168 valence electrons. The second-order valence-corrected chi connectivity index (χ2v) is 8.52. The van der Waals surface area contributed by atoms with Gasteiger partial charge in [0.15, 0.2) is 0 Å². The molecule has 0 radical (unpaired) electrons. The zero-order chi connectivity index (χ0) is 19.8. The van der Waals surface area contributed by atoms with Crippen LogP contribution in [0.25, 0.3) is 0 Å². The standard InChI is InChI=1S/C21H25BrCl2N2O2.2ClH/c22-18-3-5-21(28-15-16-2-4-19(23)13-20(16)24)17(12-18)14-25-6-1-7-26-8-10-27-11-9-26;;/h2-5,12-13,25H,1,6-11,14-15H2;2*1H. The van der Waals surface area contributed by atoms with Crippen LogP contribution in [0.4, 0.5) is 0 Å². The van der Waals surface area contributed by atoms with Crippen LogP contribution in [0.3, 0.4) is 0 Å². The molecule has 30 heavy (non-hydrogen) atoms. The van der Waals surface area contributed by atoms with Gasteiger partial charge in [0.1, 0.15) is 12.4 Å². The SMILES string of the molecule is Cl.Cl.Clc1ccc(COc2ccc(Br)cc2CNCCCN2CCOCC2)c(Cl)c1. The van der Waals surface area contributed by atoms with Crippen LogP contribution >= 0.6 is 63.9 Å². The van der Waals surface area contributed by atoms with E-state index in [1.54, 1.807) is 6.07 Å². The van der Waals surface area contributed by atoms with E-state index in [4.69, 9.17) is 32.7 Å². The fourth-order valence-electron chi connectivity index (χ4n) is 3.10. The third-order valence-corrected chi connectivity index (χ3v) is 5.75. The highest BCUT2D eigenvalue weighted by Gasteiger charge is 2.10. The molecule has 1 fully saturated rings. The summed E-state index contributed by atoms with van der Waals surface area (Å²) in [6.07, 6.45) is 1.12. The second kappa shape index (κ2) is 14.8. The van der Waals surface area contributed by atoms with Crippen molar-refractivity contribution in [1.29, 1.82) is 0 Å². The number of morpholine rings is 1. The first-order valence-corrected chi connectivity index (χ1v) is 11.0. The normalized spacial score (nSPS) is 14.0. The number of rotatable bonds is 9. The maximum atomic E-state index is 6.25.